The average molecular weight is 392 g/mol. The molecule has 1 aliphatic heterocycles. The average Bonchev–Trinajstić information content (AvgIpc) is 2.78. The van der Waals surface area contributed by atoms with E-state index in [1.54, 1.807) is 48.8 Å². The number of methoxy groups -OCH3 is 2. The molecule has 0 aromatic heterocycles. The summed E-state index contributed by atoms with van der Waals surface area (Å²) in [5.41, 5.74) is -1.70. The van der Waals surface area contributed by atoms with Gasteiger partial charge in [-0.3, -0.25) is 4.90 Å². The van der Waals surface area contributed by atoms with E-state index < -0.39 is 41.3 Å². The van der Waals surface area contributed by atoms with Crippen LogP contribution in [-0.4, -0.2) is 65.5 Å². The van der Waals surface area contributed by atoms with Crippen molar-refractivity contribution in [3.8, 4) is 0 Å². The number of amides is 1. The molecule has 1 N–H and O–H groups in total. The third-order valence-corrected chi connectivity index (χ3v) is 4.08. The Kier molecular flexibility index (Phi) is 8.74. The second kappa shape index (κ2) is 9.21. The second-order valence-electron chi connectivity index (χ2n) is 8.71. The first-order valence-electron chi connectivity index (χ1n) is 9.02. The minimum atomic E-state index is -1.08. The predicted molar refractivity (Wildman–Crippen MR) is 101 cm³/mol. The summed E-state index contributed by atoms with van der Waals surface area (Å²) < 4.78 is 20.8. The van der Waals surface area contributed by atoms with E-state index in [2.05, 4.69) is 0 Å². The molecule has 0 aliphatic carbocycles. The van der Waals surface area contributed by atoms with Crippen LogP contribution in [0.4, 0.5) is 4.79 Å². The van der Waals surface area contributed by atoms with Crippen molar-refractivity contribution in [1.29, 1.82) is 0 Å². The Morgan fingerprint density at radius 3 is 1.78 bits per heavy atom. The number of carboxylic acids is 1. The molecule has 8 heteroatoms. The predicted octanol–water partition coefficient (Wildman–Crippen LogP) is 3.48. The van der Waals surface area contributed by atoms with Crippen molar-refractivity contribution >= 4 is 12.1 Å². The molecule has 1 rings (SSSR count). The molecule has 2 atom stereocenters. The lowest BCUT2D eigenvalue weighted by molar-refractivity contribution is -0.178. The molecular formula is C19H37NO7. The molecule has 1 fully saturated rings. The van der Waals surface area contributed by atoms with Gasteiger partial charge in [0.1, 0.15) is 11.3 Å². The van der Waals surface area contributed by atoms with E-state index in [9.17, 15) is 14.7 Å². The smallest absolute Gasteiger partial charge is 0.413 e. The van der Waals surface area contributed by atoms with Gasteiger partial charge < -0.3 is 24.1 Å². The lowest BCUT2D eigenvalue weighted by atomic mass is 9.99. The molecule has 0 radical (unpaired) electrons. The summed E-state index contributed by atoms with van der Waals surface area (Å²) in [7, 11) is 3.23. The zero-order valence-electron chi connectivity index (χ0n) is 18.6. The zero-order chi connectivity index (χ0) is 21.8. The van der Waals surface area contributed by atoms with Crippen molar-refractivity contribution in [2.24, 2.45) is 5.92 Å². The van der Waals surface area contributed by atoms with Gasteiger partial charge in [-0.1, -0.05) is 13.8 Å². The number of carboxylic acid groups (broad SMARTS) is 1. The number of aliphatic carboxylic acids is 1. The minimum absolute atomic E-state index is 0.0252. The molecule has 0 unspecified atom stereocenters. The maximum atomic E-state index is 12.3. The van der Waals surface area contributed by atoms with Gasteiger partial charge in [0.25, 0.3) is 0 Å². The second-order valence-corrected chi connectivity index (χ2v) is 8.71. The summed E-state index contributed by atoms with van der Waals surface area (Å²) in [5, 5.41) is 9.45. The molecule has 8 nitrogen and oxygen atoms in total. The van der Waals surface area contributed by atoms with E-state index in [-0.39, 0.29) is 5.92 Å². The Balaban J connectivity index is 0.000000821. The highest BCUT2D eigenvalue weighted by atomic mass is 16.7. The lowest BCUT2D eigenvalue weighted by Gasteiger charge is -2.33. The molecule has 0 aromatic carbocycles. The van der Waals surface area contributed by atoms with Crippen LogP contribution in [0, 0.1) is 5.92 Å². The van der Waals surface area contributed by atoms with Crippen molar-refractivity contribution in [3.63, 3.8) is 0 Å². The van der Waals surface area contributed by atoms with E-state index in [1.165, 1.54) is 4.90 Å². The van der Waals surface area contributed by atoms with Crippen LogP contribution in [0.15, 0.2) is 0 Å². The maximum Gasteiger partial charge on any atom is 0.413 e. The summed E-state index contributed by atoms with van der Waals surface area (Å²) in [6, 6.07) is -1.04. The molecule has 0 saturated carbocycles. The molecule has 1 saturated heterocycles. The monoisotopic (exact) mass is 391 g/mol. The quantitative estimate of drug-likeness (QED) is 0.733. The summed E-state index contributed by atoms with van der Waals surface area (Å²) in [4.78, 5) is 25.1. The maximum absolute atomic E-state index is 12.3. The Morgan fingerprint density at radius 2 is 1.52 bits per heavy atom. The van der Waals surface area contributed by atoms with Gasteiger partial charge in [0, 0.05) is 14.2 Å². The Morgan fingerprint density at radius 1 is 1.07 bits per heavy atom. The number of hydrogen-bond acceptors (Lipinski definition) is 6. The number of hydrogen-bond donors (Lipinski definition) is 1. The highest BCUT2D eigenvalue weighted by Gasteiger charge is 2.55. The van der Waals surface area contributed by atoms with Crippen molar-refractivity contribution in [3.05, 3.63) is 0 Å². The van der Waals surface area contributed by atoms with Crippen LogP contribution in [-0.2, 0) is 23.7 Å². The number of rotatable bonds is 4. The van der Waals surface area contributed by atoms with E-state index in [4.69, 9.17) is 18.9 Å². The van der Waals surface area contributed by atoms with Gasteiger partial charge in [0.15, 0.2) is 11.8 Å². The first kappa shape index (κ1) is 25.6. The minimum Gasteiger partial charge on any atom is -0.480 e. The van der Waals surface area contributed by atoms with Crippen LogP contribution in [0.2, 0.25) is 0 Å². The van der Waals surface area contributed by atoms with E-state index in [0.717, 1.165) is 0 Å². The van der Waals surface area contributed by atoms with Gasteiger partial charge in [-0.15, -0.1) is 0 Å². The normalized spacial score (nSPS) is 22.3. The van der Waals surface area contributed by atoms with Crippen LogP contribution in [0.3, 0.4) is 0 Å². The lowest BCUT2D eigenvalue weighted by Crippen LogP contribution is -2.53. The third kappa shape index (κ3) is 7.63. The molecule has 1 heterocycles. The largest absolute Gasteiger partial charge is 0.480 e. The van der Waals surface area contributed by atoms with Gasteiger partial charge in [-0.05, 0) is 54.4 Å². The van der Waals surface area contributed by atoms with Crippen molar-refractivity contribution < 1.29 is 33.6 Å². The van der Waals surface area contributed by atoms with Crippen molar-refractivity contribution in [1.82, 2.24) is 4.90 Å². The van der Waals surface area contributed by atoms with E-state index in [0.29, 0.717) is 0 Å². The van der Waals surface area contributed by atoms with Crippen LogP contribution in [0.1, 0.15) is 62.3 Å². The molecule has 160 valence electrons. The van der Waals surface area contributed by atoms with Crippen LogP contribution < -0.4 is 0 Å². The zero-order valence-corrected chi connectivity index (χ0v) is 18.6. The topological polar surface area (TPSA) is 94.5 Å². The van der Waals surface area contributed by atoms with Crippen molar-refractivity contribution in [2.45, 2.75) is 91.6 Å². The van der Waals surface area contributed by atoms with Crippen LogP contribution in [0.25, 0.3) is 0 Å². The molecule has 1 aliphatic rings. The fourth-order valence-electron chi connectivity index (χ4n) is 2.42. The van der Waals surface area contributed by atoms with Gasteiger partial charge in [0.05, 0.1) is 6.10 Å². The Bertz CT molecular complexity index is 503. The first-order chi connectivity index (χ1) is 12.0. The summed E-state index contributed by atoms with van der Waals surface area (Å²) in [6.07, 6.45) is -1.23. The first-order valence-corrected chi connectivity index (χ1v) is 9.02. The van der Waals surface area contributed by atoms with Crippen molar-refractivity contribution in [2.75, 3.05) is 14.2 Å². The molecule has 0 aromatic rings. The van der Waals surface area contributed by atoms with Gasteiger partial charge in [-0.25, -0.2) is 9.59 Å². The highest BCUT2D eigenvalue weighted by molar-refractivity contribution is 5.82. The Labute approximate surface area is 163 Å². The summed E-state index contributed by atoms with van der Waals surface area (Å²) in [5.74, 6) is -1.53. The molecule has 0 bridgehead atoms. The molecule has 1 amide bonds. The van der Waals surface area contributed by atoms with Crippen LogP contribution >= 0.6 is 0 Å². The fraction of sp³-hybridized carbons (Fsp3) is 0.895. The van der Waals surface area contributed by atoms with Gasteiger partial charge >= 0.3 is 12.1 Å². The number of carbonyl (C=O) groups is 2. The standard InChI is InChI=1S/C14H25NO5.C5H12O2/c1-8(2)10-9(11(16)17)15(14(6,7)19-10)12(18)20-13(3,4)5;1-5(2,6-3)7-4/h8-10H,1-7H3,(H,16,17);1-4H3/t9-,10+;/m0./s1. The highest BCUT2D eigenvalue weighted by Crippen LogP contribution is 2.36. The molecular weight excluding hydrogens is 354 g/mol. The van der Waals surface area contributed by atoms with E-state index in [1.807, 2.05) is 27.7 Å². The number of ether oxygens (including phenoxy) is 4. The number of carbonyl (C=O) groups excluding carboxylic acids is 1. The van der Waals surface area contributed by atoms with Gasteiger partial charge in [0.2, 0.25) is 0 Å². The molecule has 0 spiro atoms. The SMILES string of the molecule is CC(C)[C@H]1OC(C)(C)N(C(=O)OC(C)(C)C)[C@@H]1C(=O)O.COC(C)(C)OC. The van der Waals surface area contributed by atoms with Crippen LogP contribution in [0.5, 0.6) is 0 Å². The van der Waals surface area contributed by atoms with Gasteiger partial charge in [-0.2, -0.15) is 0 Å². The number of nitrogens with zero attached hydrogens (tertiary/aromatic N) is 1. The summed E-state index contributed by atoms with van der Waals surface area (Å²) >= 11 is 0. The fourth-order valence-corrected chi connectivity index (χ4v) is 2.42. The third-order valence-electron chi connectivity index (χ3n) is 4.08. The molecule has 27 heavy (non-hydrogen) atoms. The van der Waals surface area contributed by atoms with E-state index >= 15 is 0 Å². The Hall–Kier alpha value is -1.38. The summed E-state index contributed by atoms with van der Waals surface area (Å²) in [6.45, 7) is 16.0.